The Morgan fingerprint density at radius 1 is 0.946 bits per heavy atom. The van der Waals surface area contributed by atoms with Crippen LogP contribution >= 0.6 is 0 Å². The van der Waals surface area contributed by atoms with Gasteiger partial charge in [-0.3, -0.25) is 24.2 Å². The molecule has 0 radical (unpaired) electrons. The van der Waals surface area contributed by atoms with E-state index in [4.69, 9.17) is 14.2 Å². The van der Waals surface area contributed by atoms with E-state index in [-0.39, 0.29) is 5.95 Å². The number of sulfonamides is 1. The van der Waals surface area contributed by atoms with Gasteiger partial charge in [0, 0.05) is 31.3 Å². The highest BCUT2D eigenvalue weighted by Gasteiger charge is 2.34. The topological polar surface area (TPSA) is 143 Å². The van der Waals surface area contributed by atoms with Crippen LogP contribution in [0.4, 0.5) is 5.95 Å². The van der Waals surface area contributed by atoms with E-state index in [9.17, 15) is 8.42 Å². The fourth-order valence-corrected chi connectivity index (χ4v) is 4.93. The number of aromatic nitrogens is 6. The Morgan fingerprint density at radius 3 is 2.24 bits per heavy atom. The van der Waals surface area contributed by atoms with E-state index >= 15 is 0 Å². The minimum absolute atomic E-state index is 0.0710. The SMILES string of the molecule is COc1cccc(OC)c1-n1c(NS(=O)(=O)[C@@H](C)[C@H](OC)c2cnc(C)cn2)nnc1-c1cccnc1. The summed E-state index contributed by atoms with van der Waals surface area (Å²) in [5.41, 5.74) is 2.10. The van der Waals surface area contributed by atoms with E-state index in [1.54, 1.807) is 55.8 Å². The molecule has 13 heteroatoms. The Morgan fingerprint density at radius 2 is 1.68 bits per heavy atom. The maximum absolute atomic E-state index is 13.6. The number of aryl methyl sites for hydroxylation is 1. The quantitative estimate of drug-likeness (QED) is 0.328. The fraction of sp³-hybridized carbons (Fsp3) is 0.292. The summed E-state index contributed by atoms with van der Waals surface area (Å²) in [5.74, 6) is 1.09. The van der Waals surface area contributed by atoms with Gasteiger partial charge in [-0.05, 0) is 38.1 Å². The van der Waals surface area contributed by atoms with Crippen molar-refractivity contribution < 1.29 is 22.6 Å². The normalized spacial score (nSPS) is 13.1. The summed E-state index contributed by atoms with van der Waals surface area (Å²) in [6.07, 6.45) is 5.38. The Bertz CT molecular complexity index is 1440. The molecule has 3 heterocycles. The van der Waals surface area contributed by atoms with Crippen LogP contribution in [0.5, 0.6) is 11.5 Å². The predicted octanol–water partition coefficient (Wildman–Crippen LogP) is 2.96. The number of ether oxygens (including phenoxy) is 3. The molecule has 0 saturated heterocycles. The van der Waals surface area contributed by atoms with Gasteiger partial charge in [-0.25, -0.2) is 8.42 Å². The van der Waals surface area contributed by atoms with Gasteiger partial charge in [0.15, 0.2) is 5.82 Å². The summed E-state index contributed by atoms with van der Waals surface area (Å²) in [5, 5.41) is 7.37. The highest BCUT2D eigenvalue weighted by atomic mass is 32.2. The van der Waals surface area contributed by atoms with Gasteiger partial charge < -0.3 is 14.2 Å². The van der Waals surface area contributed by atoms with Crippen LogP contribution < -0.4 is 14.2 Å². The van der Waals surface area contributed by atoms with Crippen molar-refractivity contribution in [1.29, 1.82) is 0 Å². The number of pyridine rings is 1. The second kappa shape index (κ2) is 10.9. The number of benzene rings is 1. The zero-order valence-corrected chi connectivity index (χ0v) is 21.8. The van der Waals surface area contributed by atoms with Gasteiger partial charge >= 0.3 is 0 Å². The first-order valence-corrected chi connectivity index (χ1v) is 12.8. The highest BCUT2D eigenvalue weighted by Crippen LogP contribution is 2.38. The van der Waals surface area contributed by atoms with Crippen molar-refractivity contribution >= 4 is 16.0 Å². The molecule has 1 aromatic carbocycles. The smallest absolute Gasteiger partial charge is 0.243 e. The van der Waals surface area contributed by atoms with E-state index in [2.05, 4.69) is 29.9 Å². The number of hydrogen-bond donors (Lipinski definition) is 1. The second-order valence-electron chi connectivity index (χ2n) is 8.03. The molecule has 0 aliphatic carbocycles. The molecule has 0 fully saturated rings. The second-order valence-corrected chi connectivity index (χ2v) is 10.1. The lowest BCUT2D eigenvalue weighted by Gasteiger charge is -2.23. The number of methoxy groups -OCH3 is 3. The van der Waals surface area contributed by atoms with Crippen LogP contribution in [0, 0.1) is 6.92 Å². The Hall–Kier alpha value is -4.10. The molecule has 12 nitrogen and oxygen atoms in total. The lowest BCUT2D eigenvalue weighted by Crippen LogP contribution is -2.33. The number of rotatable bonds is 10. The van der Waals surface area contributed by atoms with Crippen LogP contribution in [-0.2, 0) is 14.8 Å². The molecule has 3 aromatic heterocycles. The molecule has 194 valence electrons. The molecular weight excluding hydrogens is 498 g/mol. The third kappa shape index (κ3) is 5.22. The largest absolute Gasteiger partial charge is 0.494 e. The Labute approximate surface area is 214 Å². The van der Waals surface area contributed by atoms with Gasteiger partial charge in [0.1, 0.15) is 28.5 Å². The molecule has 37 heavy (non-hydrogen) atoms. The van der Waals surface area contributed by atoms with Crippen LogP contribution in [0.1, 0.15) is 24.4 Å². The minimum Gasteiger partial charge on any atom is -0.494 e. The molecule has 2 atom stereocenters. The monoisotopic (exact) mass is 525 g/mol. The molecule has 0 saturated carbocycles. The number of anilines is 1. The van der Waals surface area contributed by atoms with Crippen LogP contribution in [0.25, 0.3) is 17.1 Å². The van der Waals surface area contributed by atoms with E-state index in [1.807, 2.05) is 0 Å². The van der Waals surface area contributed by atoms with E-state index < -0.39 is 21.4 Å². The zero-order valence-electron chi connectivity index (χ0n) is 21.0. The molecule has 0 spiro atoms. The van der Waals surface area contributed by atoms with Crippen LogP contribution in [-0.4, -0.2) is 64.7 Å². The molecule has 4 aromatic rings. The average molecular weight is 526 g/mol. The lowest BCUT2D eigenvalue weighted by molar-refractivity contribution is 0.0985. The third-order valence-electron chi connectivity index (χ3n) is 5.70. The van der Waals surface area contributed by atoms with E-state index in [1.165, 1.54) is 39.0 Å². The van der Waals surface area contributed by atoms with E-state index in [0.717, 1.165) is 0 Å². The minimum atomic E-state index is -4.08. The summed E-state index contributed by atoms with van der Waals surface area (Å²) in [6, 6.07) is 8.73. The van der Waals surface area contributed by atoms with Gasteiger partial charge in [0.25, 0.3) is 0 Å². The Balaban J connectivity index is 1.83. The molecule has 1 N–H and O–H groups in total. The number of nitrogens with one attached hydrogen (secondary N) is 1. The van der Waals surface area contributed by atoms with Crippen molar-refractivity contribution in [3.05, 3.63) is 66.5 Å². The van der Waals surface area contributed by atoms with Crippen molar-refractivity contribution in [2.45, 2.75) is 25.2 Å². The van der Waals surface area contributed by atoms with Gasteiger partial charge in [0.2, 0.25) is 16.0 Å². The summed E-state index contributed by atoms with van der Waals surface area (Å²) in [7, 11) is 0.341. The Kier molecular flexibility index (Phi) is 7.64. The van der Waals surface area contributed by atoms with Crippen molar-refractivity contribution in [3.8, 4) is 28.6 Å². The van der Waals surface area contributed by atoms with E-state index in [0.29, 0.717) is 40.0 Å². The molecule has 0 bridgehead atoms. The van der Waals surface area contributed by atoms with Gasteiger partial charge in [-0.2, -0.15) is 0 Å². The molecule has 0 amide bonds. The summed E-state index contributed by atoms with van der Waals surface area (Å²) >= 11 is 0. The highest BCUT2D eigenvalue weighted by molar-refractivity contribution is 7.93. The fourth-order valence-electron chi connectivity index (χ4n) is 3.78. The maximum atomic E-state index is 13.6. The van der Waals surface area contributed by atoms with Gasteiger partial charge in [-0.1, -0.05) is 6.07 Å². The molecular formula is C24H27N7O5S. The summed E-state index contributed by atoms with van der Waals surface area (Å²) in [6.45, 7) is 3.31. The van der Waals surface area contributed by atoms with Crippen LogP contribution in [0.2, 0.25) is 0 Å². The number of hydrogen-bond acceptors (Lipinski definition) is 10. The molecule has 0 unspecified atom stereocenters. The van der Waals surface area contributed by atoms with Crippen LogP contribution in [0.15, 0.2) is 55.1 Å². The van der Waals surface area contributed by atoms with Crippen molar-refractivity contribution in [1.82, 2.24) is 29.7 Å². The van der Waals surface area contributed by atoms with Gasteiger partial charge in [0.05, 0.1) is 31.8 Å². The van der Waals surface area contributed by atoms with Crippen LogP contribution in [0.3, 0.4) is 0 Å². The zero-order chi connectivity index (χ0) is 26.6. The van der Waals surface area contributed by atoms with Gasteiger partial charge in [-0.15, -0.1) is 10.2 Å². The molecule has 4 rings (SSSR count). The maximum Gasteiger partial charge on any atom is 0.243 e. The summed E-state index contributed by atoms with van der Waals surface area (Å²) < 4.78 is 47.9. The first kappa shape index (κ1) is 26.0. The first-order chi connectivity index (χ1) is 17.8. The van der Waals surface area contributed by atoms with Crippen molar-refractivity contribution in [2.75, 3.05) is 26.1 Å². The molecule has 0 aliphatic rings. The molecule has 0 aliphatic heterocycles. The average Bonchev–Trinajstić information content (AvgIpc) is 3.32. The van der Waals surface area contributed by atoms with Crippen molar-refractivity contribution in [3.63, 3.8) is 0 Å². The number of nitrogens with zero attached hydrogens (tertiary/aromatic N) is 6. The third-order valence-corrected chi connectivity index (χ3v) is 7.40. The summed E-state index contributed by atoms with van der Waals surface area (Å²) in [4.78, 5) is 12.7. The lowest BCUT2D eigenvalue weighted by atomic mass is 10.2. The predicted molar refractivity (Wildman–Crippen MR) is 136 cm³/mol. The standard InChI is InChI=1S/C24H27N7O5S/c1-15-12-27-18(14-26-15)22(36-5)16(2)37(32,33)30-24-29-28-23(17-8-7-11-25-13-17)31(24)21-19(34-3)9-6-10-20(21)35-4/h6-14,16,22H,1-5H3,(H,29,30)/t16-,22-/m0/s1. The number of para-hydroxylation sites is 1. The van der Waals surface area contributed by atoms with Crippen molar-refractivity contribution in [2.24, 2.45) is 0 Å². The first-order valence-electron chi connectivity index (χ1n) is 11.2.